The van der Waals surface area contributed by atoms with Crippen LogP contribution in [0.25, 0.3) is 0 Å². The molecule has 0 atom stereocenters. The van der Waals surface area contributed by atoms with Crippen LogP contribution in [-0.2, 0) is 6.54 Å². The van der Waals surface area contributed by atoms with Crippen molar-refractivity contribution < 1.29 is 4.39 Å². The Bertz CT molecular complexity index is 724. The molecule has 0 unspecified atom stereocenters. The van der Waals surface area contributed by atoms with Crippen LogP contribution in [0.15, 0.2) is 47.6 Å². The third kappa shape index (κ3) is 4.26. The van der Waals surface area contributed by atoms with Crippen molar-refractivity contribution in [3.05, 3.63) is 59.5 Å². The molecule has 3 rings (SSSR count). The summed E-state index contributed by atoms with van der Waals surface area (Å²) in [5.41, 5.74) is 1.58. The van der Waals surface area contributed by atoms with Crippen molar-refractivity contribution in [3.8, 4) is 0 Å². The minimum Gasteiger partial charge on any atom is -0.353 e. The van der Waals surface area contributed by atoms with Crippen LogP contribution in [0.3, 0.4) is 0 Å². The molecule has 1 saturated heterocycles. The summed E-state index contributed by atoms with van der Waals surface area (Å²) in [6.07, 6.45) is 1.82. The van der Waals surface area contributed by atoms with E-state index in [1.807, 2.05) is 30.5 Å². The molecule has 6 heteroatoms. The van der Waals surface area contributed by atoms with E-state index in [9.17, 15) is 4.39 Å². The van der Waals surface area contributed by atoms with E-state index in [2.05, 4.69) is 25.1 Å². The van der Waals surface area contributed by atoms with Crippen LogP contribution in [0.2, 0.25) is 0 Å². The summed E-state index contributed by atoms with van der Waals surface area (Å²) in [5, 5.41) is 3.33. The van der Waals surface area contributed by atoms with Gasteiger partial charge in [-0.2, -0.15) is 0 Å². The Morgan fingerprint density at radius 2 is 2.00 bits per heavy atom. The van der Waals surface area contributed by atoms with E-state index in [4.69, 9.17) is 0 Å². The van der Waals surface area contributed by atoms with Crippen molar-refractivity contribution in [2.75, 3.05) is 38.1 Å². The van der Waals surface area contributed by atoms with Crippen molar-refractivity contribution in [2.24, 2.45) is 4.99 Å². The Hall–Kier alpha value is -2.63. The van der Waals surface area contributed by atoms with Crippen LogP contribution < -0.4 is 10.2 Å². The minimum atomic E-state index is -0.168. The van der Waals surface area contributed by atoms with Crippen molar-refractivity contribution in [1.82, 2.24) is 15.2 Å². The van der Waals surface area contributed by atoms with Gasteiger partial charge < -0.3 is 15.1 Å². The highest BCUT2D eigenvalue weighted by Crippen LogP contribution is 2.13. The summed E-state index contributed by atoms with van der Waals surface area (Å²) in [4.78, 5) is 13.3. The van der Waals surface area contributed by atoms with Gasteiger partial charge in [0, 0.05) is 46.0 Å². The molecular formula is C19H24FN5. The monoisotopic (exact) mass is 341 g/mol. The number of hydrogen-bond acceptors (Lipinski definition) is 3. The van der Waals surface area contributed by atoms with Gasteiger partial charge in [-0.1, -0.05) is 18.2 Å². The molecule has 132 valence electrons. The van der Waals surface area contributed by atoms with Gasteiger partial charge in [0.2, 0.25) is 0 Å². The zero-order chi connectivity index (χ0) is 17.6. The molecule has 1 N–H and O–H groups in total. The predicted octanol–water partition coefficient (Wildman–Crippen LogP) is 2.43. The molecule has 0 radical (unpaired) electrons. The van der Waals surface area contributed by atoms with E-state index in [-0.39, 0.29) is 5.82 Å². The van der Waals surface area contributed by atoms with Gasteiger partial charge in [-0.25, -0.2) is 9.37 Å². The number of benzene rings is 1. The number of piperazine rings is 1. The molecule has 1 aliphatic heterocycles. The fourth-order valence-electron chi connectivity index (χ4n) is 2.95. The van der Waals surface area contributed by atoms with Crippen molar-refractivity contribution in [1.29, 1.82) is 0 Å². The topological polar surface area (TPSA) is 43.8 Å². The van der Waals surface area contributed by atoms with Crippen LogP contribution in [0.1, 0.15) is 11.1 Å². The maximum Gasteiger partial charge on any atom is 0.194 e. The molecule has 0 amide bonds. The normalized spacial score (nSPS) is 15.4. The molecule has 5 nitrogen and oxygen atoms in total. The highest BCUT2D eigenvalue weighted by Gasteiger charge is 2.20. The maximum atomic E-state index is 13.7. The molecule has 1 fully saturated rings. The number of aromatic nitrogens is 1. The Balaban J connectivity index is 1.55. The van der Waals surface area contributed by atoms with Gasteiger partial charge in [-0.05, 0) is 36.2 Å². The standard InChI is InChI=1S/C19H24FN5/c1-15-6-7-16(13-17(15)20)14-23-19(21-2)25-11-9-24(10-12-25)18-5-3-4-8-22-18/h3-8,13H,9-12,14H2,1-2H3,(H,21,23). The van der Waals surface area contributed by atoms with Gasteiger partial charge in [0.05, 0.1) is 0 Å². The first kappa shape index (κ1) is 17.2. The summed E-state index contributed by atoms with van der Waals surface area (Å²) < 4.78 is 13.7. The second kappa shape index (κ2) is 7.96. The molecule has 0 spiro atoms. The number of aryl methyl sites for hydroxylation is 1. The highest BCUT2D eigenvalue weighted by atomic mass is 19.1. The molecule has 0 aliphatic carbocycles. The van der Waals surface area contributed by atoms with E-state index in [1.54, 1.807) is 26.1 Å². The lowest BCUT2D eigenvalue weighted by Crippen LogP contribution is -2.52. The SMILES string of the molecule is CN=C(NCc1ccc(C)c(F)c1)N1CCN(c2ccccn2)CC1. The first-order valence-electron chi connectivity index (χ1n) is 8.54. The summed E-state index contributed by atoms with van der Waals surface area (Å²) in [6.45, 7) is 5.88. The largest absolute Gasteiger partial charge is 0.353 e. The number of guanidine groups is 1. The van der Waals surface area contributed by atoms with E-state index >= 15 is 0 Å². The fraction of sp³-hybridized carbons (Fsp3) is 0.368. The summed E-state index contributed by atoms with van der Waals surface area (Å²) >= 11 is 0. The highest BCUT2D eigenvalue weighted by molar-refractivity contribution is 5.80. The van der Waals surface area contributed by atoms with Gasteiger partial charge in [-0.15, -0.1) is 0 Å². The maximum absolute atomic E-state index is 13.7. The molecule has 0 bridgehead atoms. The van der Waals surface area contributed by atoms with Crippen LogP contribution in [0.5, 0.6) is 0 Å². The Morgan fingerprint density at radius 3 is 2.64 bits per heavy atom. The van der Waals surface area contributed by atoms with Crippen LogP contribution >= 0.6 is 0 Å². The summed E-state index contributed by atoms with van der Waals surface area (Å²) in [7, 11) is 1.78. The first-order chi connectivity index (χ1) is 12.2. The lowest BCUT2D eigenvalue weighted by Gasteiger charge is -2.37. The number of aliphatic imine (C=N–C) groups is 1. The third-order valence-electron chi connectivity index (χ3n) is 4.45. The molecule has 1 aromatic heterocycles. The first-order valence-corrected chi connectivity index (χ1v) is 8.54. The number of pyridine rings is 1. The molecular weight excluding hydrogens is 317 g/mol. The second-order valence-corrected chi connectivity index (χ2v) is 6.15. The average molecular weight is 341 g/mol. The third-order valence-corrected chi connectivity index (χ3v) is 4.45. The molecule has 1 aromatic carbocycles. The predicted molar refractivity (Wildman–Crippen MR) is 99.4 cm³/mol. The number of rotatable bonds is 3. The number of halogens is 1. The van der Waals surface area contributed by atoms with E-state index in [0.717, 1.165) is 43.5 Å². The van der Waals surface area contributed by atoms with Crippen molar-refractivity contribution >= 4 is 11.8 Å². The van der Waals surface area contributed by atoms with Gasteiger partial charge in [0.1, 0.15) is 11.6 Å². The van der Waals surface area contributed by atoms with Crippen molar-refractivity contribution in [3.63, 3.8) is 0 Å². The molecule has 2 aromatic rings. The summed E-state index contributed by atoms with van der Waals surface area (Å²) in [6, 6.07) is 11.3. The van der Waals surface area contributed by atoms with Crippen LogP contribution in [0, 0.1) is 12.7 Å². The van der Waals surface area contributed by atoms with Gasteiger partial charge in [-0.3, -0.25) is 4.99 Å². The number of anilines is 1. The van der Waals surface area contributed by atoms with Gasteiger partial charge >= 0.3 is 0 Å². The van der Waals surface area contributed by atoms with E-state index < -0.39 is 0 Å². The second-order valence-electron chi connectivity index (χ2n) is 6.15. The molecule has 1 aliphatic rings. The molecule has 0 saturated carbocycles. The minimum absolute atomic E-state index is 0.168. The van der Waals surface area contributed by atoms with Crippen LogP contribution in [0.4, 0.5) is 10.2 Å². The molecule has 25 heavy (non-hydrogen) atoms. The number of nitrogens with zero attached hydrogens (tertiary/aromatic N) is 4. The Kier molecular flexibility index (Phi) is 5.48. The lowest BCUT2D eigenvalue weighted by molar-refractivity contribution is 0.371. The Morgan fingerprint density at radius 1 is 1.20 bits per heavy atom. The average Bonchev–Trinajstić information content (AvgIpc) is 2.66. The zero-order valence-electron chi connectivity index (χ0n) is 14.7. The number of hydrogen-bond donors (Lipinski definition) is 1. The number of nitrogens with one attached hydrogen (secondary N) is 1. The Labute approximate surface area is 148 Å². The zero-order valence-corrected chi connectivity index (χ0v) is 14.7. The van der Waals surface area contributed by atoms with Crippen LogP contribution in [-0.4, -0.2) is 49.1 Å². The quantitative estimate of drug-likeness (QED) is 0.688. The lowest BCUT2D eigenvalue weighted by atomic mass is 10.1. The van der Waals surface area contributed by atoms with Gasteiger partial charge in [0.25, 0.3) is 0 Å². The smallest absolute Gasteiger partial charge is 0.194 e. The van der Waals surface area contributed by atoms with Crippen molar-refractivity contribution in [2.45, 2.75) is 13.5 Å². The molecule has 2 heterocycles. The van der Waals surface area contributed by atoms with E-state index in [1.165, 1.54) is 0 Å². The fourth-order valence-corrected chi connectivity index (χ4v) is 2.95. The van der Waals surface area contributed by atoms with Gasteiger partial charge in [0.15, 0.2) is 5.96 Å². The summed E-state index contributed by atoms with van der Waals surface area (Å²) in [5.74, 6) is 1.69. The van der Waals surface area contributed by atoms with E-state index in [0.29, 0.717) is 12.1 Å².